The molecule has 2 aromatic rings. The summed E-state index contributed by atoms with van der Waals surface area (Å²) < 4.78 is 0. The van der Waals surface area contributed by atoms with Crippen molar-refractivity contribution in [3.63, 3.8) is 0 Å². The summed E-state index contributed by atoms with van der Waals surface area (Å²) in [6, 6.07) is 11.3. The molecule has 0 aliphatic rings. The molecule has 2 rings (SSSR count). The number of nitrogens with zero attached hydrogens (tertiary/aromatic N) is 2. The second-order valence-electron chi connectivity index (χ2n) is 3.90. The number of hydrogen-bond acceptors (Lipinski definition) is 4. The summed E-state index contributed by atoms with van der Waals surface area (Å²) in [7, 11) is 0. The highest BCUT2D eigenvalue weighted by molar-refractivity contribution is 5.78. The number of allylic oxidation sites excluding steroid dienone is 1. The quantitative estimate of drug-likeness (QED) is 0.649. The topological polar surface area (TPSA) is 70.1 Å². The first kappa shape index (κ1) is 12.8. The van der Waals surface area contributed by atoms with E-state index in [1.165, 1.54) is 6.07 Å². The Bertz CT molecular complexity index is 644. The molecule has 0 unspecified atom stereocenters. The lowest BCUT2D eigenvalue weighted by molar-refractivity contribution is 1.04. The Balaban J connectivity index is 1.93. The lowest BCUT2D eigenvalue weighted by Gasteiger charge is -1.98. The minimum Gasteiger partial charge on any atom is -0.291 e. The van der Waals surface area contributed by atoms with E-state index >= 15 is 0 Å². The van der Waals surface area contributed by atoms with E-state index in [2.05, 4.69) is 20.5 Å². The molecule has 0 radical (unpaired) electrons. The number of hydrazone groups is 1. The van der Waals surface area contributed by atoms with E-state index in [1.54, 1.807) is 19.2 Å². The van der Waals surface area contributed by atoms with Crippen LogP contribution in [0.15, 0.2) is 52.4 Å². The lowest BCUT2D eigenvalue weighted by Crippen LogP contribution is -2.10. The fraction of sp³-hybridized carbons (Fsp3) is 0.0714. The van der Waals surface area contributed by atoms with Gasteiger partial charge in [0.15, 0.2) is 0 Å². The van der Waals surface area contributed by atoms with Crippen LogP contribution in [0.1, 0.15) is 11.3 Å². The molecular weight excluding hydrogens is 240 g/mol. The highest BCUT2D eigenvalue weighted by Gasteiger charge is 1.94. The zero-order chi connectivity index (χ0) is 13.5. The molecule has 0 bridgehead atoms. The van der Waals surface area contributed by atoms with Crippen LogP contribution in [-0.2, 0) is 0 Å². The SMILES string of the molecule is Cc1cc(=O)[nH]c(N/N=C\C=C/c2ccccc2)n1. The maximum absolute atomic E-state index is 11.2. The van der Waals surface area contributed by atoms with Crippen molar-refractivity contribution >= 4 is 18.2 Å². The highest BCUT2D eigenvalue weighted by atomic mass is 16.1. The molecule has 0 saturated carbocycles. The van der Waals surface area contributed by atoms with Crippen LogP contribution in [0, 0.1) is 6.92 Å². The molecule has 0 aliphatic carbocycles. The first-order valence-corrected chi connectivity index (χ1v) is 5.83. The molecule has 19 heavy (non-hydrogen) atoms. The number of aryl methyl sites for hydroxylation is 1. The minimum absolute atomic E-state index is 0.204. The first-order valence-electron chi connectivity index (χ1n) is 5.83. The smallest absolute Gasteiger partial charge is 0.252 e. The summed E-state index contributed by atoms with van der Waals surface area (Å²) in [6.45, 7) is 1.75. The zero-order valence-corrected chi connectivity index (χ0v) is 10.5. The number of nitrogens with one attached hydrogen (secondary N) is 2. The van der Waals surface area contributed by atoms with E-state index in [-0.39, 0.29) is 5.56 Å². The molecule has 0 amide bonds. The molecule has 96 valence electrons. The van der Waals surface area contributed by atoms with E-state index in [0.29, 0.717) is 11.6 Å². The monoisotopic (exact) mass is 254 g/mol. The molecule has 0 saturated heterocycles. The maximum atomic E-state index is 11.2. The van der Waals surface area contributed by atoms with Crippen molar-refractivity contribution in [2.75, 3.05) is 5.43 Å². The Morgan fingerprint density at radius 3 is 2.84 bits per heavy atom. The van der Waals surface area contributed by atoms with Crippen molar-refractivity contribution in [3.05, 3.63) is 64.1 Å². The van der Waals surface area contributed by atoms with Gasteiger partial charge in [-0.2, -0.15) is 5.10 Å². The van der Waals surface area contributed by atoms with Gasteiger partial charge < -0.3 is 0 Å². The number of aromatic nitrogens is 2. The van der Waals surface area contributed by atoms with Crippen molar-refractivity contribution in [2.45, 2.75) is 6.92 Å². The third kappa shape index (κ3) is 4.23. The predicted octanol–water partition coefficient (Wildman–Crippen LogP) is 2.19. The van der Waals surface area contributed by atoms with Crippen molar-refractivity contribution in [1.29, 1.82) is 0 Å². The fourth-order valence-electron chi connectivity index (χ4n) is 1.49. The predicted molar refractivity (Wildman–Crippen MR) is 77.2 cm³/mol. The van der Waals surface area contributed by atoms with Crippen molar-refractivity contribution < 1.29 is 0 Å². The lowest BCUT2D eigenvalue weighted by atomic mass is 10.2. The Labute approximate surface area is 110 Å². The number of aromatic amines is 1. The summed E-state index contributed by atoms with van der Waals surface area (Å²) in [5.41, 5.74) is 4.19. The molecule has 0 spiro atoms. The summed E-state index contributed by atoms with van der Waals surface area (Å²) in [6.07, 6.45) is 5.32. The van der Waals surface area contributed by atoms with Crippen LogP contribution in [-0.4, -0.2) is 16.2 Å². The molecular formula is C14H14N4O. The van der Waals surface area contributed by atoms with Crippen molar-refractivity contribution in [3.8, 4) is 0 Å². The zero-order valence-electron chi connectivity index (χ0n) is 10.5. The number of H-pyrrole nitrogens is 1. The molecule has 0 fully saturated rings. The van der Waals surface area contributed by atoms with Crippen LogP contribution >= 0.6 is 0 Å². The van der Waals surface area contributed by atoms with Gasteiger partial charge in [-0.25, -0.2) is 10.4 Å². The largest absolute Gasteiger partial charge is 0.291 e. The van der Waals surface area contributed by atoms with E-state index in [9.17, 15) is 4.79 Å². The van der Waals surface area contributed by atoms with Gasteiger partial charge in [0.2, 0.25) is 5.95 Å². The van der Waals surface area contributed by atoms with Gasteiger partial charge in [-0.1, -0.05) is 36.4 Å². The maximum Gasteiger partial charge on any atom is 0.252 e. The van der Waals surface area contributed by atoms with Crippen LogP contribution in [0.25, 0.3) is 6.08 Å². The van der Waals surface area contributed by atoms with Gasteiger partial charge in [0, 0.05) is 18.0 Å². The summed E-state index contributed by atoms with van der Waals surface area (Å²) in [4.78, 5) is 17.8. The molecule has 0 atom stereocenters. The second-order valence-corrected chi connectivity index (χ2v) is 3.90. The van der Waals surface area contributed by atoms with Gasteiger partial charge in [-0.3, -0.25) is 9.78 Å². The van der Waals surface area contributed by atoms with Gasteiger partial charge in [-0.15, -0.1) is 0 Å². The molecule has 5 heteroatoms. The summed E-state index contributed by atoms with van der Waals surface area (Å²) in [5, 5.41) is 3.94. The second kappa shape index (κ2) is 6.30. The van der Waals surface area contributed by atoms with E-state index in [1.807, 2.05) is 36.4 Å². The number of rotatable bonds is 4. The molecule has 0 aliphatic heterocycles. The van der Waals surface area contributed by atoms with Crippen molar-refractivity contribution in [2.24, 2.45) is 5.10 Å². The van der Waals surface area contributed by atoms with Crippen LogP contribution in [0.2, 0.25) is 0 Å². The summed E-state index contributed by atoms with van der Waals surface area (Å²) in [5.74, 6) is 0.328. The van der Waals surface area contributed by atoms with Crippen molar-refractivity contribution in [1.82, 2.24) is 9.97 Å². The normalized spacial score (nSPS) is 11.2. The van der Waals surface area contributed by atoms with E-state index in [4.69, 9.17) is 0 Å². The molecule has 1 heterocycles. The van der Waals surface area contributed by atoms with Crippen LogP contribution in [0.3, 0.4) is 0 Å². The van der Waals surface area contributed by atoms with Crippen LogP contribution < -0.4 is 11.0 Å². The minimum atomic E-state index is -0.204. The van der Waals surface area contributed by atoms with Gasteiger partial charge in [0.25, 0.3) is 5.56 Å². The standard InChI is InChI=1S/C14H14N4O/c1-11-10-13(19)17-14(16-11)18-15-9-5-8-12-6-3-2-4-7-12/h2-10H,1H3,(H2,16,17,18,19)/b8-5-,15-9-. The molecule has 2 N–H and O–H groups in total. The number of benzene rings is 1. The average Bonchev–Trinajstić information content (AvgIpc) is 2.38. The van der Waals surface area contributed by atoms with E-state index in [0.717, 1.165) is 5.56 Å². The van der Waals surface area contributed by atoms with Gasteiger partial charge >= 0.3 is 0 Å². The van der Waals surface area contributed by atoms with Gasteiger partial charge in [0.1, 0.15) is 0 Å². The van der Waals surface area contributed by atoms with Gasteiger partial charge in [0.05, 0.1) is 0 Å². The average molecular weight is 254 g/mol. The third-order valence-electron chi connectivity index (χ3n) is 2.29. The molecule has 1 aromatic carbocycles. The number of hydrogen-bond donors (Lipinski definition) is 2. The summed E-state index contributed by atoms with van der Waals surface area (Å²) >= 11 is 0. The Hall–Kier alpha value is -2.69. The van der Waals surface area contributed by atoms with Crippen LogP contribution in [0.5, 0.6) is 0 Å². The number of anilines is 1. The fourth-order valence-corrected chi connectivity index (χ4v) is 1.49. The third-order valence-corrected chi connectivity index (χ3v) is 2.29. The van der Waals surface area contributed by atoms with E-state index < -0.39 is 0 Å². The highest BCUT2D eigenvalue weighted by Crippen LogP contribution is 2.00. The molecule has 1 aromatic heterocycles. The van der Waals surface area contributed by atoms with Gasteiger partial charge in [-0.05, 0) is 18.6 Å². The Kier molecular flexibility index (Phi) is 4.23. The Morgan fingerprint density at radius 2 is 2.11 bits per heavy atom. The Morgan fingerprint density at radius 1 is 1.32 bits per heavy atom. The first-order chi connectivity index (χ1) is 9.24. The molecule has 5 nitrogen and oxygen atoms in total. The van der Waals surface area contributed by atoms with Crippen LogP contribution in [0.4, 0.5) is 5.95 Å².